The number of rotatable bonds is 5. The molecule has 0 aliphatic carbocycles. The molecule has 0 saturated carbocycles. The molecule has 3 rings (SSSR count). The van der Waals surface area contributed by atoms with E-state index in [2.05, 4.69) is 22.3 Å². The molecule has 1 N–H and O–H groups in total. The molecule has 1 aromatic heterocycles. The van der Waals surface area contributed by atoms with E-state index in [4.69, 9.17) is 0 Å². The number of benzene rings is 2. The number of hydrogen-bond acceptors (Lipinski definition) is 3. The first-order valence-corrected chi connectivity index (χ1v) is 7.02. The highest BCUT2D eigenvalue weighted by molar-refractivity contribution is 5.34. The Balaban J connectivity index is 1.87. The molecule has 4 heteroatoms. The molecule has 0 atom stereocenters. The molecule has 0 aliphatic heterocycles. The Morgan fingerprint density at radius 2 is 1.38 bits per heavy atom. The van der Waals surface area contributed by atoms with Crippen molar-refractivity contribution in [2.45, 2.75) is 19.4 Å². The Bertz CT molecular complexity index is 693. The minimum absolute atomic E-state index is 0.118. The third-order valence-corrected chi connectivity index (χ3v) is 3.43. The van der Waals surface area contributed by atoms with Crippen molar-refractivity contribution in [2.75, 3.05) is 0 Å². The van der Waals surface area contributed by atoms with E-state index < -0.39 is 0 Å². The van der Waals surface area contributed by atoms with Crippen LogP contribution in [0, 0.1) is 0 Å². The lowest BCUT2D eigenvalue weighted by Crippen LogP contribution is -2.06. The molecule has 0 radical (unpaired) electrons. The first kappa shape index (κ1) is 13.5. The van der Waals surface area contributed by atoms with Crippen LogP contribution in [0.2, 0.25) is 0 Å². The lowest BCUT2D eigenvalue weighted by atomic mass is 10.1. The first-order chi connectivity index (χ1) is 10.4. The minimum Gasteiger partial charge on any atom is -0.388 e. The molecule has 3 aromatic rings. The molecule has 21 heavy (non-hydrogen) atoms. The predicted octanol–water partition coefficient (Wildman–Crippen LogP) is 2.54. The Kier molecular flexibility index (Phi) is 4.07. The van der Waals surface area contributed by atoms with Gasteiger partial charge in [0.25, 0.3) is 0 Å². The van der Waals surface area contributed by atoms with Crippen LogP contribution in [0.25, 0.3) is 5.69 Å². The van der Waals surface area contributed by atoms with Crippen molar-refractivity contribution in [3.8, 4) is 5.69 Å². The van der Waals surface area contributed by atoms with Crippen LogP contribution >= 0.6 is 0 Å². The fourth-order valence-electron chi connectivity index (χ4n) is 2.39. The number of para-hydroxylation sites is 1. The fourth-order valence-corrected chi connectivity index (χ4v) is 2.39. The van der Waals surface area contributed by atoms with E-state index in [1.807, 2.05) is 53.1 Å². The van der Waals surface area contributed by atoms with Crippen LogP contribution in [0.4, 0.5) is 0 Å². The zero-order valence-electron chi connectivity index (χ0n) is 11.7. The molecule has 106 valence electrons. The summed E-state index contributed by atoms with van der Waals surface area (Å²) in [5, 5.41) is 17.8. The van der Waals surface area contributed by atoms with Gasteiger partial charge in [0.1, 0.15) is 12.4 Å². The zero-order valence-corrected chi connectivity index (χ0v) is 11.7. The average molecular weight is 279 g/mol. The molecule has 4 nitrogen and oxygen atoms in total. The fraction of sp³-hybridized carbons (Fsp3) is 0.176. The molecule has 0 spiro atoms. The van der Waals surface area contributed by atoms with Crippen molar-refractivity contribution >= 4 is 0 Å². The van der Waals surface area contributed by atoms with Crippen LogP contribution in [0.15, 0.2) is 60.7 Å². The van der Waals surface area contributed by atoms with Crippen LogP contribution in [0.1, 0.15) is 17.2 Å². The van der Waals surface area contributed by atoms with Gasteiger partial charge in [-0.05, 0) is 24.1 Å². The minimum atomic E-state index is -0.118. The van der Waals surface area contributed by atoms with Gasteiger partial charge in [0.2, 0.25) is 0 Å². The lowest BCUT2D eigenvalue weighted by Gasteiger charge is -2.09. The van der Waals surface area contributed by atoms with E-state index in [1.165, 1.54) is 5.56 Å². The summed E-state index contributed by atoms with van der Waals surface area (Å²) in [6.07, 6.45) is 1.68. The van der Waals surface area contributed by atoms with E-state index in [1.54, 1.807) is 0 Å². The maximum Gasteiger partial charge on any atom is 0.163 e. The number of aliphatic hydroxyl groups excluding tert-OH is 1. The van der Waals surface area contributed by atoms with Crippen molar-refractivity contribution in [3.63, 3.8) is 0 Å². The van der Waals surface area contributed by atoms with Crippen molar-refractivity contribution in [3.05, 3.63) is 77.9 Å². The average Bonchev–Trinajstić information content (AvgIpc) is 2.97. The van der Waals surface area contributed by atoms with Crippen LogP contribution in [0.3, 0.4) is 0 Å². The molecule has 0 fully saturated rings. The van der Waals surface area contributed by atoms with Crippen molar-refractivity contribution in [1.82, 2.24) is 14.8 Å². The predicted molar refractivity (Wildman–Crippen MR) is 81.1 cm³/mol. The molecule has 0 saturated heterocycles. The summed E-state index contributed by atoms with van der Waals surface area (Å²) in [6, 6.07) is 20.2. The number of aromatic nitrogens is 3. The quantitative estimate of drug-likeness (QED) is 0.781. The van der Waals surface area contributed by atoms with Gasteiger partial charge >= 0.3 is 0 Å². The van der Waals surface area contributed by atoms with Gasteiger partial charge in [-0.15, -0.1) is 10.2 Å². The van der Waals surface area contributed by atoms with Gasteiger partial charge in [0.15, 0.2) is 5.82 Å². The van der Waals surface area contributed by atoms with Gasteiger partial charge in [0.05, 0.1) is 0 Å². The molecule has 0 unspecified atom stereocenters. The second kappa shape index (κ2) is 6.33. The number of hydrogen-bond donors (Lipinski definition) is 1. The number of aryl methyl sites for hydroxylation is 2. The van der Waals surface area contributed by atoms with Crippen LogP contribution in [-0.2, 0) is 19.4 Å². The summed E-state index contributed by atoms with van der Waals surface area (Å²) in [7, 11) is 0. The monoisotopic (exact) mass is 279 g/mol. The Hall–Kier alpha value is -2.46. The van der Waals surface area contributed by atoms with Gasteiger partial charge in [0, 0.05) is 12.1 Å². The third kappa shape index (κ3) is 3.01. The Morgan fingerprint density at radius 3 is 2.05 bits per heavy atom. The van der Waals surface area contributed by atoms with E-state index in [9.17, 15) is 5.11 Å². The Labute approximate surface area is 123 Å². The maximum atomic E-state index is 9.46. The standard InChI is InChI=1S/C17H17N3O/c21-13-17-19-18-16(12-11-14-7-3-1-4-8-14)20(17)15-9-5-2-6-10-15/h1-10,21H,11-13H2. The van der Waals surface area contributed by atoms with Gasteiger partial charge < -0.3 is 5.11 Å². The topological polar surface area (TPSA) is 50.9 Å². The number of aliphatic hydroxyl groups is 1. The summed E-state index contributed by atoms with van der Waals surface area (Å²) >= 11 is 0. The summed E-state index contributed by atoms with van der Waals surface area (Å²) < 4.78 is 1.93. The number of nitrogens with zero attached hydrogens (tertiary/aromatic N) is 3. The van der Waals surface area contributed by atoms with Crippen LogP contribution in [0.5, 0.6) is 0 Å². The van der Waals surface area contributed by atoms with Gasteiger partial charge in [-0.25, -0.2) is 0 Å². The van der Waals surface area contributed by atoms with E-state index in [0.29, 0.717) is 5.82 Å². The SMILES string of the molecule is OCc1nnc(CCc2ccccc2)n1-c1ccccc1. The molecule has 0 aliphatic rings. The Morgan fingerprint density at radius 1 is 0.762 bits per heavy atom. The molecule has 1 heterocycles. The summed E-state index contributed by atoms with van der Waals surface area (Å²) in [6.45, 7) is -0.118. The second-order valence-electron chi connectivity index (χ2n) is 4.85. The van der Waals surface area contributed by atoms with E-state index in [-0.39, 0.29) is 6.61 Å². The highest BCUT2D eigenvalue weighted by atomic mass is 16.3. The van der Waals surface area contributed by atoms with E-state index in [0.717, 1.165) is 24.4 Å². The maximum absolute atomic E-state index is 9.46. The largest absolute Gasteiger partial charge is 0.388 e. The van der Waals surface area contributed by atoms with Gasteiger partial charge in [-0.1, -0.05) is 48.5 Å². The summed E-state index contributed by atoms with van der Waals surface area (Å²) in [4.78, 5) is 0. The molecular formula is C17H17N3O. The van der Waals surface area contributed by atoms with Gasteiger partial charge in [-0.2, -0.15) is 0 Å². The van der Waals surface area contributed by atoms with Crippen LogP contribution in [-0.4, -0.2) is 19.9 Å². The highest BCUT2D eigenvalue weighted by Gasteiger charge is 2.12. The van der Waals surface area contributed by atoms with E-state index >= 15 is 0 Å². The van der Waals surface area contributed by atoms with Gasteiger partial charge in [-0.3, -0.25) is 4.57 Å². The highest BCUT2D eigenvalue weighted by Crippen LogP contribution is 2.15. The first-order valence-electron chi connectivity index (χ1n) is 7.02. The van der Waals surface area contributed by atoms with Crippen molar-refractivity contribution in [2.24, 2.45) is 0 Å². The smallest absolute Gasteiger partial charge is 0.163 e. The van der Waals surface area contributed by atoms with Crippen molar-refractivity contribution < 1.29 is 5.11 Å². The molecule has 2 aromatic carbocycles. The lowest BCUT2D eigenvalue weighted by molar-refractivity contribution is 0.268. The summed E-state index contributed by atoms with van der Waals surface area (Å²) in [5.74, 6) is 1.44. The second-order valence-corrected chi connectivity index (χ2v) is 4.85. The molecule has 0 amide bonds. The molecule has 0 bridgehead atoms. The third-order valence-electron chi connectivity index (χ3n) is 3.43. The van der Waals surface area contributed by atoms with Crippen LogP contribution < -0.4 is 0 Å². The summed E-state index contributed by atoms with van der Waals surface area (Å²) in [5.41, 5.74) is 2.25. The normalized spacial score (nSPS) is 10.7. The van der Waals surface area contributed by atoms with Crippen molar-refractivity contribution in [1.29, 1.82) is 0 Å². The zero-order chi connectivity index (χ0) is 14.5. The molecular weight excluding hydrogens is 262 g/mol.